The van der Waals surface area contributed by atoms with Crippen molar-refractivity contribution in [1.82, 2.24) is 15.2 Å². The van der Waals surface area contributed by atoms with Crippen LogP contribution in [0.15, 0.2) is 42.6 Å². The maximum Gasteiger partial charge on any atom is 0.253 e. The SMILES string of the molecule is CCN(CC)C(=O)C1CCCC(NC(=O)c2ccc(-c3cccc(F)c3)nc2)C1. The van der Waals surface area contributed by atoms with Gasteiger partial charge in [0.15, 0.2) is 0 Å². The second kappa shape index (κ2) is 9.63. The lowest BCUT2D eigenvalue weighted by atomic mass is 9.84. The van der Waals surface area contributed by atoms with Crippen molar-refractivity contribution in [1.29, 1.82) is 0 Å². The molecule has 2 unspecified atom stereocenters. The minimum absolute atomic E-state index is 0.0105. The van der Waals surface area contributed by atoms with Gasteiger partial charge in [0.2, 0.25) is 5.91 Å². The lowest BCUT2D eigenvalue weighted by molar-refractivity contribution is -0.136. The molecule has 6 heteroatoms. The van der Waals surface area contributed by atoms with E-state index in [0.717, 1.165) is 19.3 Å². The first-order valence-electron chi connectivity index (χ1n) is 10.3. The summed E-state index contributed by atoms with van der Waals surface area (Å²) >= 11 is 0. The zero-order valence-electron chi connectivity index (χ0n) is 17.0. The Labute approximate surface area is 171 Å². The average Bonchev–Trinajstić information content (AvgIpc) is 2.75. The summed E-state index contributed by atoms with van der Waals surface area (Å²) < 4.78 is 13.4. The molecule has 1 saturated carbocycles. The first-order valence-corrected chi connectivity index (χ1v) is 10.3. The van der Waals surface area contributed by atoms with Crippen molar-refractivity contribution < 1.29 is 14.0 Å². The number of carbonyl (C=O) groups excluding carboxylic acids is 2. The molecule has 2 aromatic rings. The summed E-state index contributed by atoms with van der Waals surface area (Å²) in [5.74, 6) is -0.348. The first-order chi connectivity index (χ1) is 14.0. The number of nitrogens with one attached hydrogen (secondary N) is 1. The molecule has 3 rings (SSSR count). The second-order valence-electron chi connectivity index (χ2n) is 7.49. The molecule has 1 fully saturated rings. The molecule has 1 aromatic heterocycles. The van der Waals surface area contributed by atoms with Crippen LogP contribution < -0.4 is 5.32 Å². The van der Waals surface area contributed by atoms with E-state index in [-0.39, 0.29) is 29.6 Å². The van der Waals surface area contributed by atoms with Crippen molar-refractivity contribution in [3.63, 3.8) is 0 Å². The third-order valence-corrected chi connectivity index (χ3v) is 5.58. The van der Waals surface area contributed by atoms with Gasteiger partial charge in [-0.05, 0) is 57.4 Å². The number of nitrogens with zero attached hydrogens (tertiary/aromatic N) is 2. The third-order valence-electron chi connectivity index (χ3n) is 5.58. The van der Waals surface area contributed by atoms with Gasteiger partial charge in [0.1, 0.15) is 5.82 Å². The Balaban J connectivity index is 1.61. The number of rotatable bonds is 6. The Morgan fingerprint density at radius 3 is 2.62 bits per heavy atom. The van der Waals surface area contributed by atoms with Crippen LogP contribution >= 0.6 is 0 Å². The molecule has 0 saturated heterocycles. The van der Waals surface area contributed by atoms with Crippen molar-refractivity contribution >= 4 is 11.8 Å². The zero-order chi connectivity index (χ0) is 20.8. The number of carbonyl (C=O) groups is 2. The topological polar surface area (TPSA) is 62.3 Å². The summed E-state index contributed by atoms with van der Waals surface area (Å²) in [6.45, 7) is 5.41. The van der Waals surface area contributed by atoms with Gasteiger partial charge in [-0.25, -0.2) is 4.39 Å². The molecule has 0 radical (unpaired) electrons. The minimum Gasteiger partial charge on any atom is -0.349 e. The minimum atomic E-state index is -0.322. The Kier molecular flexibility index (Phi) is 6.96. The Bertz CT molecular complexity index is 849. The monoisotopic (exact) mass is 397 g/mol. The largest absolute Gasteiger partial charge is 0.349 e. The zero-order valence-corrected chi connectivity index (χ0v) is 17.0. The van der Waals surface area contributed by atoms with Crippen molar-refractivity contribution in [3.05, 3.63) is 54.0 Å². The van der Waals surface area contributed by atoms with Crippen LogP contribution in [0.3, 0.4) is 0 Å². The molecule has 1 heterocycles. The highest BCUT2D eigenvalue weighted by Gasteiger charge is 2.30. The summed E-state index contributed by atoms with van der Waals surface area (Å²) in [5, 5.41) is 3.05. The fourth-order valence-electron chi connectivity index (χ4n) is 3.95. The van der Waals surface area contributed by atoms with E-state index in [9.17, 15) is 14.0 Å². The Morgan fingerprint density at radius 2 is 1.97 bits per heavy atom. The number of hydrogen-bond acceptors (Lipinski definition) is 3. The van der Waals surface area contributed by atoms with Crippen molar-refractivity contribution in [2.75, 3.05) is 13.1 Å². The van der Waals surface area contributed by atoms with Gasteiger partial charge in [-0.15, -0.1) is 0 Å². The van der Waals surface area contributed by atoms with E-state index in [1.807, 2.05) is 18.7 Å². The maximum absolute atomic E-state index is 13.4. The first kappa shape index (κ1) is 21.0. The molecule has 5 nitrogen and oxygen atoms in total. The van der Waals surface area contributed by atoms with Gasteiger partial charge >= 0.3 is 0 Å². The van der Waals surface area contributed by atoms with E-state index in [0.29, 0.717) is 36.3 Å². The number of hydrogen-bond donors (Lipinski definition) is 1. The van der Waals surface area contributed by atoms with E-state index in [1.54, 1.807) is 24.3 Å². The second-order valence-corrected chi connectivity index (χ2v) is 7.49. The standard InChI is InChI=1S/C23H28FN3O2/c1-3-27(4-2)23(29)17-8-6-10-20(14-17)26-22(28)18-11-12-21(25-15-18)16-7-5-9-19(24)13-16/h5,7,9,11-13,15,17,20H,3-4,6,8,10,14H2,1-2H3,(H,26,28). The molecule has 2 atom stereocenters. The van der Waals surface area contributed by atoms with Gasteiger partial charge < -0.3 is 10.2 Å². The van der Waals surface area contributed by atoms with E-state index in [1.165, 1.54) is 18.3 Å². The normalized spacial score (nSPS) is 18.9. The van der Waals surface area contributed by atoms with Crippen molar-refractivity contribution in [3.8, 4) is 11.3 Å². The smallest absolute Gasteiger partial charge is 0.253 e. The highest BCUT2D eigenvalue weighted by molar-refractivity contribution is 5.94. The fraction of sp³-hybridized carbons (Fsp3) is 0.435. The Morgan fingerprint density at radius 1 is 1.17 bits per heavy atom. The molecule has 1 aliphatic rings. The van der Waals surface area contributed by atoms with Gasteiger partial charge in [0.05, 0.1) is 11.3 Å². The van der Waals surface area contributed by atoms with Crippen LogP contribution in [0.2, 0.25) is 0 Å². The van der Waals surface area contributed by atoms with Gasteiger partial charge in [0, 0.05) is 36.8 Å². The number of amides is 2. The summed E-state index contributed by atoms with van der Waals surface area (Å²) in [5.41, 5.74) is 1.74. The Hall–Kier alpha value is -2.76. The number of benzene rings is 1. The molecule has 154 valence electrons. The van der Waals surface area contributed by atoms with E-state index in [2.05, 4.69) is 10.3 Å². The quantitative estimate of drug-likeness (QED) is 0.800. The van der Waals surface area contributed by atoms with Crippen LogP contribution in [-0.4, -0.2) is 40.8 Å². The van der Waals surface area contributed by atoms with Crippen LogP contribution in [0, 0.1) is 11.7 Å². The number of pyridine rings is 1. The van der Waals surface area contributed by atoms with Crippen LogP contribution in [0.25, 0.3) is 11.3 Å². The van der Waals surface area contributed by atoms with Crippen molar-refractivity contribution in [2.45, 2.75) is 45.6 Å². The fourth-order valence-corrected chi connectivity index (χ4v) is 3.95. The highest BCUT2D eigenvalue weighted by atomic mass is 19.1. The van der Waals surface area contributed by atoms with Gasteiger partial charge in [-0.1, -0.05) is 18.6 Å². The average molecular weight is 397 g/mol. The maximum atomic E-state index is 13.4. The van der Waals surface area contributed by atoms with Gasteiger partial charge in [-0.3, -0.25) is 14.6 Å². The van der Waals surface area contributed by atoms with E-state index >= 15 is 0 Å². The summed E-state index contributed by atoms with van der Waals surface area (Å²) in [4.78, 5) is 31.4. The predicted octanol–water partition coefficient (Wildman–Crippen LogP) is 4.04. The molecule has 1 aromatic carbocycles. The van der Waals surface area contributed by atoms with E-state index < -0.39 is 0 Å². The van der Waals surface area contributed by atoms with Crippen molar-refractivity contribution in [2.24, 2.45) is 5.92 Å². The van der Waals surface area contributed by atoms with Crippen LogP contribution in [-0.2, 0) is 4.79 Å². The molecular weight excluding hydrogens is 369 g/mol. The van der Waals surface area contributed by atoms with Crippen LogP contribution in [0.5, 0.6) is 0 Å². The number of aromatic nitrogens is 1. The number of halogens is 1. The van der Waals surface area contributed by atoms with Crippen LogP contribution in [0.1, 0.15) is 49.9 Å². The summed E-state index contributed by atoms with van der Waals surface area (Å²) in [6, 6.07) is 9.61. The van der Waals surface area contributed by atoms with Gasteiger partial charge in [-0.2, -0.15) is 0 Å². The lowest BCUT2D eigenvalue weighted by Crippen LogP contribution is -2.43. The molecule has 0 spiro atoms. The predicted molar refractivity (Wildman–Crippen MR) is 111 cm³/mol. The van der Waals surface area contributed by atoms with Crippen LogP contribution in [0.4, 0.5) is 4.39 Å². The lowest BCUT2D eigenvalue weighted by Gasteiger charge is -2.32. The molecular formula is C23H28FN3O2. The molecule has 0 bridgehead atoms. The van der Waals surface area contributed by atoms with E-state index in [4.69, 9.17) is 0 Å². The molecule has 29 heavy (non-hydrogen) atoms. The summed E-state index contributed by atoms with van der Waals surface area (Å²) in [7, 11) is 0. The molecule has 1 aliphatic carbocycles. The molecule has 0 aliphatic heterocycles. The summed E-state index contributed by atoms with van der Waals surface area (Å²) in [6.07, 6.45) is 4.88. The van der Waals surface area contributed by atoms with Gasteiger partial charge in [0.25, 0.3) is 5.91 Å². The molecule has 2 amide bonds. The molecule has 1 N–H and O–H groups in total. The highest BCUT2D eigenvalue weighted by Crippen LogP contribution is 2.26. The third kappa shape index (κ3) is 5.19.